The van der Waals surface area contributed by atoms with Crippen molar-refractivity contribution in [2.45, 2.75) is 32.6 Å². The van der Waals surface area contributed by atoms with Crippen molar-refractivity contribution in [1.82, 2.24) is 4.90 Å². The fraction of sp³-hybridized carbons (Fsp3) is 0.917. The Labute approximate surface area is 103 Å². The highest BCUT2D eigenvalue weighted by Gasteiger charge is 2.17. The smallest absolute Gasteiger partial charge is 0.222 e. The third kappa shape index (κ3) is 4.74. The normalized spacial score (nSPS) is 18.5. The van der Waals surface area contributed by atoms with Crippen LogP contribution in [0.4, 0.5) is 0 Å². The lowest BCUT2D eigenvalue weighted by atomic mass is 9.96. The molecule has 0 bridgehead atoms. The van der Waals surface area contributed by atoms with E-state index in [-0.39, 0.29) is 0 Å². The number of carbonyl (C=O) groups is 1. The predicted octanol–water partition coefficient (Wildman–Crippen LogP) is 1.72. The van der Waals surface area contributed by atoms with Gasteiger partial charge in [0.25, 0.3) is 0 Å². The van der Waals surface area contributed by atoms with E-state index in [1.807, 2.05) is 16.7 Å². The number of nitrogens with zero attached hydrogens (tertiary/aromatic N) is 1. The SMILES string of the molecule is CCC(CCN)CCC(=O)N1CCSCC1. The minimum Gasteiger partial charge on any atom is -0.341 e. The molecule has 1 fully saturated rings. The van der Waals surface area contributed by atoms with Gasteiger partial charge in [-0.15, -0.1) is 0 Å². The highest BCUT2D eigenvalue weighted by Crippen LogP contribution is 2.17. The van der Waals surface area contributed by atoms with Crippen LogP contribution in [-0.2, 0) is 4.79 Å². The summed E-state index contributed by atoms with van der Waals surface area (Å²) in [6.07, 6.45) is 3.92. The van der Waals surface area contributed by atoms with Crippen LogP contribution in [0, 0.1) is 5.92 Å². The molecule has 0 saturated carbocycles. The fourth-order valence-electron chi connectivity index (χ4n) is 2.09. The van der Waals surface area contributed by atoms with Crippen molar-refractivity contribution in [2.75, 3.05) is 31.1 Å². The molecule has 0 aliphatic carbocycles. The number of carbonyl (C=O) groups excluding carboxylic acids is 1. The minimum absolute atomic E-state index is 0.343. The van der Waals surface area contributed by atoms with Crippen LogP contribution in [0.15, 0.2) is 0 Å². The number of rotatable bonds is 6. The van der Waals surface area contributed by atoms with E-state index in [2.05, 4.69) is 6.92 Å². The number of nitrogens with two attached hydrogens (primary N) is 1. The molecule has 1 aliphatic rings. The molecule has 1 rings (SSSR count). The van der Waals surface area contributed by atoms with E-state index in [9.17, 15) is 4.79 Å². The van der Waals surface area contributed by atoms with Gasteiger partial charge in [0.2, 0.25) is 5.91 Å². The molecule has 3 nitrogen and oxygen atoms in total. The molecule has 0 aromatic carbocycles. The van der Waals surface area contributed by atoms with E-state index in [0.717, 1.165) is 50.4 Å². The molecule has 1 aliphatic heterocycles. The minimum atomic E-state index is 0.343. The highest BCUT2D eigenvalue weighted by atomic mass is 32.2. The summed E-state index contributed by atoms with van der Waals surface area (Å²) in [7, 11) is 0. The van der Waals surface area contributed by atoms with Crippen LogP contribution in [0.3, 0.4) is 0 Å². The molecule has 0 aromatic rings. The lowest BCUT2D eigenvalue weighted by Gasteiger charge is -2.27. The number of hydrogen-bond acceptors (Lipinski definition) is 3. The van der Waals surface area contributed by atoms with Crippen LogP contribution in [0.1, 0.15) is 32.6 Å². The second kappa shape index (κ2) is 7.96. The van der Waals surface area contributed by atoms with Crippen molar-refractivity contribution < 1.29 is 4.79 Å². The Kier molecular flexibility index (Phi) is 6.88. The summed E-state index contributed by atoms with van der Waals surface area (Å²) < 4.78 is 0. The number of amides is 1. The maximum absolute atomic E-state index is 11.9. The molecule has 1 atom stereocenters. The van der Waals surface area contributed by atoms with Crippen LogP contribution < -0.4 is 5.73 Å². The quantitative estimate of drug-likeness (QED) is 0.774. The van der Waals surface area contributed by atoms with Crippen molar-refractivity contribution in [2.24, 2.45) is 11.7 Å². The van der Waals surface area contributed by atoms with Crippen LogP contribution in [0.25, 0.3) is 0 Å². The van der Waals surface area contributed by atoms with Gasteiger partial charge in [0.15, 0.2) is 0 Å². The molecular weight excluding hydrogens is 220 g/mol. The summed E-state index contributed by atoms with van der Waals surface area (Å²) in [6, 6.07) is 0. The van der Waals surface area contributed by atoms with E-state index < -0.39 is 0 Å². The lowest BCUT2D eigenvalue weighted by molar-refractivity contribution is -0.131. The van der Waals surface area contributed by atoms with Gasteiger partial charge in [-0.2, -0.15) is 11.8 Å². The van der Waals surface area contributed by atoms with E-state index in [1.54, 1.807) is 0 Å². The van der Waals surface area contributed by atoms with Crippen molar-refractivity contribution >= 4 is 17.7 Å². The van der Waals surface area contributed by atoms with Gasteiger partial charge < -0.3 is 10.6 Å². The molecular formula is C12H24N2OS. The van der Waals surface area contributed by atoms with Crippen LogP contribution in [0.2, 0.25) is 0 Å². The standard InChI is InChI=1S/C12H24N2OS/c1-2-11(5-6-13)3-4-12(15)14-7-9-16-10-8-14/h11H,2-10,13H2,1H3. The average molecular weight is 244 g/mol. The molecule has 0 aromatic heterocycles. The molecule has 0 spiro atoms. The average Bonchev–Trinajstić information content (AvgIpc) is 2.35. The Morgan fingerprint density at radius 1 is 1.38 bits per heavy atom. The summed E-state index contributed by atoms with van der Waals surface area (Å²) in [5.41, 5.74) is 5.56. The summed E-state index contributed by atoms with van der Waals surface area (Å²) >= 11 is 1.94. The van der Waals surface area contributed by atoms with Gasteiger partial charge in [0, 0.05) is 31.0 Å². The molecule has 1 heterocycles. The van der Waals surface area contributed by atoms with E-state index in [4.69, 9.17) is 5.73 Å². The second-order valence-electron chi connectivity index (χ2n) is 4.38. The van der Waals surface area contributed by atoms with Gasteiger partial charge in [0.05, 0.1) is 0 Å². The third-order valence-corrected chi connectivity index (χ3v) is 4.23. The van der Waals surface area contributed by atoms with Gasteiger partial charge >= 0.3 is 0 Å². The summed E-state index contributed by atoms with van der Waals surface area (Å²) in [6.45, 7) is 4.81. The summed E-state index contributed by atoms with van der Waals surface area (Å²) in [5, 5.41) is 0. The largest absolute Gasteiger partial charge is 0.341 e. The predicted molar refractivity (Wildman–Crippen MR) is 70.6 cm³/mol. The van der Waals surface area contributed by atoms with Crippen LogP contribution in [0.5, 0.6) is 0 Å². The first-order valence-electron chi connectivity index (χ1n) is 6.33. The highest BCUT2D eigenvalue weighted by molar-refractivity contribution is 7.99. The Morgan fingerprint density at radius 2 is 2.06 bits per heavy atom. The molecule has 1 saturated heterocycles. The van der Waals surface area contributed by atoms with Gasteiger partial charge in [0.1, 0.15) is 0 Å². The topological polar surface area (TPSA) is 46.3 Å². The molecule has 1 amide bonds. The maximum atomic E-state index is 11.9. The van der Waals surface area contributed by atoms with E-state index in [0.29, 0.717) is 18.2 Å². The molecule has 2 N–H and O–H groups in total. The second-order valence-corrected chi connectivity index (χ2v) is 5.61. The van der Waals surface area contributed by atoms with Crippen molar-refractivity contribution in [3.63, 3.8) is 0 Å². The Hall–Kier alpha value is -0.220. The van der Waals surface area contributed by atoms with E-state index in [1.165, 1.54) is 0 Å². The summed E-state index contributed by atoms with van der Waals surface area (Å²) in [5.74, 6) is 3.18. The van der Waals surface area contributed by atoms with Crippen molar-refractivity contribution in [3.8, 4) is 0 Å². The molecule has 4 heteroatoms. The Bertz CT molecular complexity index is 205. The van der Waals surface area contributed by atoms with Gasteiger partial charge in [-0.05, 0) is 25.3 Å². The molecule has 0 radical (unpaired) electrons. The third-order valence-electron chi connectivity index (χ3n) is 3.28. The van der Waals surface area contributed by atoms with Crippen molar-refractivity contribution in [3.05, 3.63) is 0 Å². The number of hydrogen-bond donors (Lipinski definition) is 1. The fourth-order valence-corrected chi connectivity index (χ4v) is 2.99. The van der Waals surface area contributed by atoms with Crippen molar-refractivity contribution in [1.29, 1.82) is 0 Å². The van der Waals surface area contributed by atoms with Gasteiger partial charge in [-0.1, -0.05) is 13.3 Å². The Morgan fingerprint density at radius 3 is 2.62 bits per heavy atom. The monoisotopic (exact) mass is 244 g/mol. The maximum Gasteiger partial charge on any atom is 0.222 e. The zero-order valence-electron chi connectivity index (χ0n) is 10.3. The first-order chi connectivity index (χ1) is 7.77. The lowest BCUT2D eigenvalue weighted by Crippen LogP contribution is -2.37. The van der Waals surface area contributed by atoms with Crippen LogP contribution >= 0.6 is 11.8 Å². The Balaban J connectivity index is 2.22. The summed E-state index contributed by atoms with van der Waals surface area (Å²) in [4.78, 5) is 13.9. The zero-order valence-corrected chi connectivity index (χ0v) is 11.1. The number of thioether (sulfide) groups is 1. The molecule has 16 heavy (non-hydrogen) atoms. The first-order valence-corrected chi connectivity index (χ1v) is 7.49. The van der Waals surface area contributed by atoms with Gasteiger partial charge in [-0.3, -0.25) is 4.79 Å². The van der Waals surface area contributed by atoms with E-state index >= 15 is 0 Å². The van der Waals surface area contributed by atoms with Gasteiger partial charge in [-0.25, -0.2) is 0 Å². The molecule has 1 unspecified atom stereocenters. The molecule has 94 valence electrons. The first kappa shape index (κ1) is 13.8. The zero-order chi connectivity index (χ0) is 11.8. The van der Waals surface area contributed by atoms with Crippen LogP contribution in [-0.4, -0.2) is 41.9 Å².